The maximum absolute atomic E-state index is 13.4. The molecule has 2 heterocycles. The molecule has 5 heteroatoms. The van der Waals surface area contributed by atoms with Crippen molar-refractivity contribution in [2.24, 2.45) is 0 Å². The van der Waals surface area contributed by atoms with Crippen LogP contribution in [0.15, 0.2) is 88.1 Å². The zero-order valence-corrected chi connectivity index (χ0v) is 16.8. The van der Waals surface area contributed by atoms with E-state index in [9.17, 15) is 9.59 Å². The molecule has 4 aromatic rings. The van der Waals surface area contributed by atoms with Gasteiger partial charge in [0, 0.05) is 11.6 Å². The van der Waals surface area contributed by atoms with Gasteiger partial charge in [-0.05, 0) is 41.8 Å². The van der Waals surface area contributed by atoms with E-state index in [2.05, 4.69) is 0 Å². The molecule has 1 atom stereocenters. The normalized spacial score (nSPS) is 15.6. The van der Waals surface area contributed by atoms with Gasteiger partial charge in [-0.25, -0.2) is 0 Å². The van der Waals surface area contributed by atoms with Gasteiger partial charge in [0.2, 0.25) is 5.43 Å². The lowest BCUT2D eigenvalue weighted by Gasteiger charge is -2.25. The molecule has 0 saturated carbocycles. The van der Waals surface area contributed by atoms with Crippen LogP contribution < -0.4 is 5.43 Å². The molecule has 1 aromatic heterocycles. The highest BCUT2D eigenvalue weighted by Crippen LogP contribution is 2.39. The molecule has 30 heavy (non-hydrogen) atoms. The molecule has 1 aliphatic rings. The second kappa shape index (κ2) is 7.47. The van der Waals surface area contributed by atoms with Crippen molar-refractivity contribution in [1.82, 2.24) is 4.90 Å². The molecule has 1 aliphatic heterocycles. The maximum Gasteiger partial charge on any atom is 0.262 e. The molecule has 1 unspecified atom stereocenters. The van der Waals surface area contributed by atoms with Gasteiger partial charge in [-0.1, -0.05) is 66.2 Å². The summed E-state index contributed by atoms with van der Waals surface area (Å²) in [6.45, 7) is 0.468. The number of hydrogen-bond donors (Lipinski definition) is 0. The van der Waals surface area contributed by atoms with E-state index in [4.69, 9.17) is 16.0 Å². The Morgan fingerprint density at radius 3 is 2.33 bits per heavy atom. The minimum Gasteiger partial charge on any atom is -0.457 e. The van der Waals surface area contributed by atoms with Gasteiger partial charge < -0.3 is 9.32 Å². The number of carbonyl (C=O) groups is 1. The number of hydrogen-bond acceptors (Lipinski definition) is 3. The Balaban J connectivity index is 1.64. The molecular formula is C25H18ClNO3. The fourth-order valence-corrected chi connectivity index (χ4v) is 4.18. The van der Waals surface area contributed by atoms with Crippen LogP contribution in [0.1, 0.15) is 33.3 Å². The van der Waals surface area contributed by atoms with Crippen LogP contribution in [0.4, 0.5) is 0 Å². The van der Waals surface area contributed by atoms with Crippen molar-refractivity contribution < 1.29 is 9.21 Å². The standard InChI is InChI=1S/C25H18ClNO3/c26-18-12-10-17(11-13-18)22-24-21(23(28)19-8-4-5-9-20(19)30-24)25(29)27(22)15-14-16-6-2-1-3-7-16/h1-13,22H,14-15H2. The maximum atomic E-state index is 13.4. The third-order valence-electron chi connectivity index (χ3n) is 5.53. The summed E-state index contributed by atoms with van der Waals surface area (Å²) in [6, 6.07) is 23.9. The average Bonchev–Trinajstić information content (AvgIpc) is 3.05. The van der Waals surface area contributed by atoms with Crippen molar-refractivity contribution in [3.63, 3.8) is 0 Å². The highest BCUT2D eigenvalue weighted by atomic mass is 35.5. The van der Waals surface area contributed by atoms with Crippen molar-refractivity contribution in [3.8, 4) is 0 Å². The van der Waals surface area contributed by atoms with Crippen molar-refractivity contribution in [2.75, 3.05) is 6.54 Å². The first kappa shape index (κ1) is 18.6. The monoisotopic (exact) mass is 415 g/mol. The Morgan fingerprint density at radius 1 is 0.867 bits per heavy atom. The summed E-state index contributed by atoms with van der Waals surface area (Å²) in [5.74, 6) is 0.111. The molecule has 148 valence electrons. The van der Waals surface area contributed by atoms with Gasteiger partial charge in [-0.15, -0.1) is 0 Å². The van der Waals surface area contributed by atoms with Crippen molar-refractivity contribution in [2.45, 2.75) is 12.5 Å². The van der Waals surface area contributed by atoms with E-state index in [0.29, 0.717) is 34.7 Å². The van der Waals surface area contributed by atoms with Crippen LogP contribution in [0.2, 0.25) is 5.02 Å². The fourth-order valence-electron chi connectivity index (χ4n) is 4.06. The fraction of sp³-hybridized carbons (Fsp3) is 0.120. The quantitative estimate of drug-likeness (QED) is 0.458. The first-order valence-electron chi connectivity index (χ1n) is 9.79. The molecule has 0 saturated heterocycles. The van der Waals surface area contributed by atoms with E-state index in [1.54, 1.807) is 35.2 Å². The Labute approximate surface area is 178 Å². The smallest absolute Gasteiger partial charge is 0.262 e. The lowest BCUT2D eigenvalue weighted by Crippen LogP contribution is -2.31. The van der Waals surface area contributed by atoms with E-state index in [0.717, 1.165) is 11.1 Å². The molecule has 0 spiro atoms. The topological polar surface area (TPSA) is 50.5 Å². The number of carbonyl (C=O) groups excluding carboxylic acids is 1. The Bertz CT molecular complexity index is 1300. The summed E-state index contributed by atoms with van der Waals surface area (Å²) in [5.41, 5.74) is 2.32. The summed E-state index contributed by atoms with van der Waals surface area (Å²) in [5, 5.41) is 1.03. The number of benzene rings is 3. The predicted molar refractivity (Wildman–Crippen MR) is 117 cm³/mol. The number of amides is 1. The molecule has 5 rings (SSSR count). The van der Waals surface area contributed by atoms with Gasteiger partial charge in [0.05, 0.1) is 5.39 Å². The lowest BCUT2D eigenvalue weighted by atomic mass is 10.0. The summed E-state index contributed by atoms with van der Waals surface area (Å²) in [4.78, 5) is 28.3. The molecule has 4 nitrogen and oxygen atoms in total. The SMILES string of the molecule is O=C1c2c(oc3ccccc3c2=O)C(c2ccc(Cl)cc2)N1CCc1ccccc1. The zero-order valence-electron chi connectivity index (χ0n) is 16.0. The summed E-state index contributed by atoms with van der Waals surface area (Å²) >= 11 is 6.07. The number of rotatable bonds is 4. The molecule has 0 radical (unpaired) electrons. The van der Waals surface area contributed by atoms with Gasteiger partial charge in [0.25, 0.3) is 5.91 Å². The number of fused-ring (bicyclic) bond motifs is 2. The molecular weight excluding hydrogens is 398 g/mol. The van der Waals surface area contributed by atoms with E-state index in [1.165, 1.54) is 0 Å². The predicted octanol–water partition coefficient (Wildman–Crippen LogP) is 5.23. The molecule has 3 aromatic carbocycles. The number of nitrogens with zero attached hydrogens (tertiary/aromatic N) is 1. The van der Waals surface area contributed by atoms with Crippen LogP contribution in [0.3, 0.4) is 0 Å². The second-order valence-electron chi connectivity index (χ2n) is 7.35. The second-order valence-corrected chi connectivity index (χ2v) is 7.79. The van der Waals surface area contributed by atoms with Gasteiger partial charge in [0.1, 0.15) is 22.9 Å². The third-order valence-corrected chi connectivity index (χ3v) is 5.78. The average molecular weight is 416 g/mol. The summed E-state index contributed by atoms with van der Waals surface area (Å²) in [6.07, 6.45) is 0.679. The Morgan fingerprint density at radius 2 is 1.57 bits per heavy atom. The van der Waals surface area contributed by atoms with E-state index >= 15 is 0 Å². The number of halogens is 1. The van der Waals surface area contributed by atoms with Gasteiger partial charge in [0.15, 0.2) is 0 Å². The highest BCUT2D eigenvalue weighted by molar-refractivity contribution is 6.30. The van der Waals surface area contributed by atoms with Crippen LogP contribution in [0.25, 0.3) is 11.0 Å². The van der Waals surface area contributed by atoms with E-state index in [1.807, 2.05) is 48.5 Å². The minimum absolute atomic E-state index is 0.127. The van der Waals surface area contributed by atoms with Crippen molar-refractivity contribution in [3.05, 3.63) is 117 Å². The van der Waals surface area contributed by atoms with Crippen LogP contribution in [0.5, 0.6) is 0 Å². The van der Waals surface area contributed by atoms with Gasteiger partial charge in [-0.2, -0.15) is 0 Å². The van der Waals surface area contributed by atoms with Crippen LogP contribution in [-0.4, -0.2) is 17.4 Å². The lowest BCUT2D eigenvalue weighted by molar-refractivity contribution is 0.0746. The Hall–Kier alpha value is -3.37. The zero-order chi connectivity index (χ0) is 20.7. The first-order valence-corrected chi connectivity index (χ1v) is 10.2. The van der Waals surface area contributed by atoms with Crippen molar-refractivity contribution >= 4 is 28.5 Å². The van der Waals surface area contributed by atoms with Gasteiger partial charge in [-0.3, -0.25) is 9.59 Å². The van der Waals surface area contributed by atoms with Crippen LogP contribution >= 0.6 is 11.6 Å². The highest BCUT2D eigenvalue weighted by Gasteiger charge is 2.42. The first-order chi connectivity index (χ1) is 14.6. The molecule has 0 aliphatic carbocycles. The molecule has 0 bridgehead atoms. The van der Waals surface area contributed by atoms with E-state index in [-0.39, 0.29) is 16.9 Å². The van der Waals surface area contributed by atoms with Crippen LogP contribution in [0, 0.1) is 0 Å². The molecule has 1 amide bonds. The van der Waals surface area contributed by atoms with E-state index < -0.39 is 6.04 Å². The number of para-hydroxylation sites is 1. The molecule has 0 fully saturated rings. The minimum atomic E-state index is -0.467. The summed E-state index contributed by atoms with van der Waals surface area (Å²) in [7, 11) is 0. The van der Waals surface area contributed by atoms with Crippen LogP contribution in [-0.2, 0) is 6.42 Å². The molecule has 0 N–H and O–H groups in total. The van der Waals surface area contributed by atoms with Crippen molar-refractivity contribution in [1.29, 1.82) is 0 Å². The third kappa shape index (κ3) is 3.10. The largest absolute Gasteiger partial charge is 0.457 e. The van der Waals surface area contributed by atoms with Gasteiger partial charge >= 0.3 is 0 Å². The Kier molecular flexibility index (Phi) is 4.64. The summed E-state index contributed by atoms with van der Waals surface area (Å²) < 4.78 is 6.14.